The lowest BCUT2D eigenvalue weighted by Gasteiger charge is -2.41. The number of amides is 2. The minimum atomic E-state index is -0.0797. The third-order valence-corrected chi connectivity index (χ3v) is 6.74. The highest BCUT2D eigenvalue weighted by atomic mass is 16.2. The molecule has 5 nitrogen and oxygen atoms in total. The van der Waals surface area contributed by atoms with Crippen LogP contribution in [-0.4, -0.2) is 41.3 Å². The van der Waals surface area contributed by atoms with Crippen molar-refractivity contribution in [2.75, 3.05) is 19.6 Å². The van der Waals surface area contributed by atoms with E-state index in [0.29, 0.717) is 24.7 Å². The molecular formula is C22H25N3O2. The number of nitrogens with one attached hydrogen (secondary N) is 1. The summed E-state index contributed by atoms with van der Waals surface area (Å²) in [5.41, 5.74) is 0.482. The minimum Gasteiger partial charge on any atom is -0.356 e. The first-order valence-corrected chi connectivity index (χ1v) is 10.1. The van der Waals surface area contributed by atoms with Crippen molar-refractivity contribution in [3.63, 3.8) is 0 Å². The second kappa shape index (κ2) is 6.32. The molecule has 1 N–H and O–H groups in total. The van der Waals surface area contributed by atoms with Gasteiger partial charge in [-0.15, -0.1) is 0 Å². The molecule has 0 bridgehead atoms. The number of nitrogens with zero attached hydrogens (tertiary/aromatic N) is 2. The molecule has 140 valence electrons. The number of aromatic nitrogens is 1. The van der Waals surface area contributed by atoms with Crippen LogP contribution in [0, 0.1) is 17.3 Å². The van der Waals surface area contributed by atoms with Crippen molar-refractivity contribution in [3.05, 3.63) is 42.2 Å². The number of carbonyl (C=O) groups is 2. The second-order valence-corrected chi connectivity index (χ2v) is 8.52. The summed E-state index contributed by atoms with van der Waals surface area (Å²) in [6.45, 7) is 1.99. The fourth-order valence-corrected chi connectivity index (χ4v) is 4.75. The lowest BCUT2D eigenvalue weighted by molar-refractivity contribution is -0.129. The Morgan fingerprint density at radius 1 is 1.19 bits per heavy atom. The molecule has 1 spiro atoms. The van der Waals surface area contributed by atoms with Gasteiger partial charge in [0.05, 0.1) is 5.92 Å². The average molecular weight is 363 g/mol. The van der Waals surface area contributed by atoms with E-state index in [9.17, 15) is 9.59 Å². The minimum absolute atomic E-state index is 0.0200. The van der Waals surface area contributed by atoms with E-state index in [1.165, 1.54) is 12.8 Å². The van der Waals surface area contributed by atoms with Crippen molar-refractivity contribution in [1.82, 2.24) is 15.2 Å². The maximum Gasteiger partial charge on any atom is 0.273 e. The van der Waals surface area contributed by atoms with Crippen molar-refractivity contribution in [2.24, 2.45) is 17.3 Å². The molecule has 0 radical (unpaired) electrons. The molecular weight excluding hydrogens is 338 g/mol. The zero-order valence-corrected chi connectivity index (χ0v) is 15.5. The van der Waals surface area contributed by atoms with Crippen LogP contribution in [-0.2, 0) is 4.79 Å². The van der Waals surface area contributed by atoms with Crippen molar-refractivity contribution in [3.8, 4) is 0 Å². The molecule has 3 fully saturated rings. The average Bonchev–Trinajstić information content (AvgIpc) is 3.40. The molecule has 2 aliphatic carbocycles. The third-order valence-electron chi connectivity index (χ3n) is 6.74. The van der Waals surface area contributed by atoms with Gasteiger partial charge in [-0.05, 0) is 43.1 Å². The topological polar surface area (TPSA) is 62.3 Å². The maximum absolute atomic E-state index is 13.3. The van der Waals surface area contributed by atoms with Crippen LogP contribution in [0.5, 0.6) is 0 Å². The van der Waals surface area contributed by atoms with Crippen LogP contribution in [0.4, 0.5) is 0 Å². The van der Waals surface area contributed by atoms with Crippen LogP contribution >= 0.6 is 0 Å². The second-order valence-electron chi connectivity index (χ2n) is 8.52. The molecule has 1 saturated heterocycles. The number of pyridine rings is 1. The number of hydrogen-bond acceptors (Lipinski definition) is 3. The summed E-state index contributed by atoms with van der Waals surface area (Å²) in [6.07, 6.45) is 7.40. The highest BCUT2D eigenvalue weighted by Gasteiger charge is 2.54. The quantitative estimate of drug-likeness (QED) is 0.908. The number of likely N-dealkylation sites (tertiary alicyclic amines) is 1. The van der Waals surface area contributed by atoms with Gasteiger partial charge in [0.25, 0.3) is 5.91 Å². The van der Waals surface area contributed by atoms with Gasteiger partial charge in [0.15, 0.2) is 0 Å². The Morgan fingerprint density at radius 3 is 2.74 bits per heavy atom. The molecule has 27 heavy (non-hydrogen) atoms. The molecule has 3 aliphatic rings. The molecule has 2 amide bonds. The number of benzene rings is 1. The first kappa shape index (κ1) is 16.7. The van der Waals surface area contributed by atoms with Gasteiger partial charge in [-0.3, -0.25) is 14.6 Å². The van der Waals surface area contributed by atoms with Crippen LogP contribution in [0.25, 0.3) is 10.8 Å². The Balaban J connectivity index is 1.38. The molecule has 5 heteroatoms. The molecule has 2 aromatic rings. The van der Waals surface area contributed by atoms with E-state index in [0.717, 1.165) is 36.6 Å². The summed E-state index contributed by atoms with van der Waals surface area (Å²) in [5.74, 6) is 0.688. The summed E-state index contributed by atoms with van der Waals surface area (Å²) < 4.78 is 0. The van der Waals surface area contributed by atoms with E-state index in [2.05, 4.69) is 10.3 Å². The van der Waals surface area contributed by atoms with Gasteiger partial charge in [0, 0.05) is 36.6 Å². The zero-order chi connectivity index (χ0) is 18.4. The van der Waals surface area contributed by atoms with Gasteiger partial charge in [-0.1, -0.05) is 30.7 Å². The number of hydrogen-bond donors (Lipinski definition) is 1. The van der Waals surface area contributed by atoms with Gasteiger partial charge >= 0.3 is 0 Å². The molecule has 2 saturated carbocycles. The summed E-state index contributed by atoms with van der Waals surface area (Å²) in [5, 5.41) is 5.05. The fraction of sp³-hybridized carbons (Fsp3) is 0.500. The lowest BCUT2D eigenvalue weighted by atomic mass is 9.62. The van der Waals surface area contributed by atoms with Crippen LogP contribution in [0.15, 0.2) is 36.5 Å². The van der Waals surface area contributed by atoms with E-state index < -0.39 is 0 Å². The van der Waals surface area contributed by atoms with E-state index >= 15 is 0 Å². The monoisotopic (exact) mass is 363 g/mol. The molecule has 1 aromatic carbocycles. The largest absolute Gasteiger partial charge is 0.356 e. The number of fused-ring (bicyclic) bond motifs is 1. The predicted molar refractivity (Wildman–Crippen MR) is 103 cm³/mol. The first-order chi connectivity index (χ1) is 13.2. The van der Waals surface area contributed by atoms with Crippen LogP contribution in [0.3, 0.4) is 0 Å². The lowest BCUT2D eigenvalue weighted by Crippen LogP contribution is -2.45. The van der Waals surface area contributed by atoms with Crippen LogP contribution in [0.1, 0.15) is 42.6 Å². The Kier molecular flexibility index (Phi) is 3.92. The van der Waals surface area contributed by atoms with Crippen molar-refractivity contribution < 1.29 is 9.59 Å². The fourth-order valence-electron chi connectivity index (χ4n) is 4.75. The highest BCUT2D eigenvalue weighted by Crippen LogP contribution is 2.52. The smallest absolute Gasteiger partial charge is 0.273 e. The van der Waals surface area contributed by atoms with Gasteiger partial charge in [0.2, 0.25) is 5.91 Å². The SMILES string of the molecule is O=C(NCC1CC1)C1CN(C(=O)c2nccc3ccccc23)CC12CCC2. The summed E-state index contributed by atoms with van der Waals surface area (Å²) in [6, 6.07) is 9.78. The molecule has 1 unspecified atom stereocenters. The third kappa shape index (κ3) is 2.89. The Hall–Kier alpha value is -2.43. The number of carbonyl (C=O) groups excluding carboxylic acids is 2. The molecule has 1 aromatic heterocycles. The zero-order valence-electron chi connectivity index (χ0n) is 15.5. The summed E-state index contributed by atoms with van der Waals surface area (Å²) in [7, 11) is 0. The van der Waals surface area contributed by atoms with Gasteiger partial charge in [-0.25, -0.2) is 0 Å². The van der Waals surface area contributed by atoms with Crippen LogP contribution in [0.2, 0.25) is 0 Å². The van der Waals surface area contributed by atoms with Crippen molar-refractivity contribution in [2.45, 2.75) is 32.1 Å². The predicted octanol–water partition coefficient (Wildman–Crippen LogP) is 3.00. The van der Waals surface area contributed by atoms with E-state index in [1.807, 2.05) is 35.2 Å². The van der Waals surface area contributed by atoms with E-state index in [4.69, 9.17) is 0 Å². The Morgan fingerprint density at radius 2 is 2.00 bits per heavy atom. The van der Waals surface area contributed by atoms with Crippen LogP contribution < -0.4 is 5.32 Å². The first-order valence-electron chi connectivity index (χ1n) is 10.1. The molecule has 1 aliphatic heterocycles. The molecule has 1 atom stereocenters. The normalized spacial score (nSPS) is 23.4. The highest BCUT2D eigenvalue weighted by molar-refractivity contribution is 6.05. The van der Waals surface area contributed by atoms with Gasteiger partial charge < -0.3 is 10.2 Å². The Bertz CT molecular complexity index is 896. The summed E-state index contributed by atoms with van der Waals surface area (Å²) in [4.78, 5) is 32.4. The van der Waals surface area contributed by atoms with Gasteiger partial charge in [0.1, 0.15) is 5.69 Å². The number of rotatable bonds is 4. The molecule has 5 rings (SSSR count). The van der Waals surface area contributed by atoms with E-state index in [-0.39, 0.29) is 23.1 Å². The van der Waals surface area contributed by atoms with E-state index in [1.54, 1.807) is 6.20 Å². The van der Waals surface area contributed by atoms with Gasteiger partial charge in [-0.2, -0.15) is 0 Å². The Labute approximate surface area is 159 Å². The summed E-state index contributed by atoms with van der Waals surface area (Å²) >= 11 is 0. The standard InChI is InChI=1S/C22H25N3O2/c26-20(24-12-15-6-7-15)18-13-25(14-22(18)9-3-10-22)21(27)19-17-5-2-1-4-16(17)8-11-23-19/h1-2,4-5,8,11,15,18H,3,6-7,9-10,12-14H2,(H,24,26). The molecule has 2 heterocycles. The maximum atomic E-state index is 13.3. The van der Waals surface area contributed by atoms with Crippen molar-refractivity contribution in [1.29, 1.82) is 0 Å². The van der Waals surface area contributed by atoms with Crippen molar-refractivity contribution >= 4 is 22.6 Å².